The Morgan fingerprint density at radius 2 is 2.20 bits per heavy atom. The van der Waals surface area contributed by atoms with Crippen LogP contribution in [0.1, 0.15) is 23.0 Å². The van der Waals surface area contributed by atoms with E-state index < -0.39 is 0 Å². The molecule has 1 aromatic heterocycles. The van der Waals surface area contributed by atoms with Gasteiger partial charge >= 0.3 is 0 Å². The van der Waals surface area contributed by atoms with Gasteiger partial charge in [0.1, 0.15) is 5.82 Å². The van der Waals surface area contributed by atoms with Crippen LogP contribution in [0.4, 0.5) is 4.39 Å². The van der Waals surface area contributed by atoms with Gasteiger partial charge in [-0.05, 0) is 31.0 Å². The first-order valence-electron chi connectivity index (χ1n) is 6.47. The van der Waals surface area contributed by atoms with Crippen LogP contribution >= 0.6 is 0 Å². The molecule has 106 valence electrons. The minimum Gasteiger partial charge on any atom is -0.396 e. The molecule has 0 radical (unpaired) electrons. The third kappa shape index (κ3) is 3.11. The van der Waals surface area contributed by atoms with E-state index in [9.17, 15) is 9.18 Å². The number of carbonyl (C=O) groups is 1. The zero-order valence-corrected chi connectivity index (χ0v) is 11.5. The quantitative estimate of drug-likeness (QED) is 0.898. The third-order valence-corrected chi connectivity index (χ3v) is 3.07. The summed E-state index contributed by atoms with van der Waals surface area (Å²) in [5.41, 5.74) is 1.59. The predicted molar refractivity (Wildman–Crippen MR) is 75.0 cm³/mol. The molecule has 0 bridgehead atoms. The molecule has 5 heteroatoms. The fourth-order valence-electron chi connectivity index (χ4n) is 1.95. The van der Waals surface area contributed by atoms with Crippen LogP contribution in [0.5, 0.6) is 0 Å². The molecule has 1 amide bonds. The first-order chi connectivity index (χ1) is 9.51. The first kappa shape index (κ1) is 14.4. The summed E-state index contributed by atoms with van der Waals surface area (Å²) >= 11 is 0. The van der Waals surface area contributed by atoms with E-state index in [0.717, 1.165) is 0 Å². The SMILES string of the molecule is Cc1cc(C(=O)NCC(C)CO)c2ccc(F)cc2n1. The molecule has 0 saturated carbocycles. The second-order valence-corrected chi connectivity index (χ2v) is 4.97. The Morgan fingerprint density at radius 1 is 1.45 bits per heavy atom. The highest BCUT2D eigenvalue weighted by molar-refractivity contribution is 6.06. The lowest BCUT2D eigenvalue weighted by molar-refractivity contribution is 0.0944. The molecule has 4 nitrogen and oxygen atoms in total. The van der Waals surface area contributed by atoms with Gasteiger partial charge in [0.25, 0.3) is 5.91 Å². The summed E-state index contributed by atoms with van der Waals surface area (Å²) in [6, 6.07) is 5.86. The van der Waals surface area contributed by atoms with Gasteiger partial charge in [-0.2, -0.15) is 0 Å². The number of pyridine rings is 1. The van der Waals surface area contributed by atoms with E-state index in [-0.39, 0.29) is 24.2 Å². The van der Waals surface area contributed by atoms with Crippen LogP contribution < -0.4 is 5.32 Å². The van der Waals surface area contributed by atoms with Gasteiger partial charge in [-0.1, -0.05) is 6.92 Å². The maximum absolute atomic E-state index is 13.2. The van der Waals surface area contributed by atoms with Crippen molar-refractivity contribution in [1.82, 2.24) is 10.3 Å². The number of aliphatic hydroxyl groups is 1. The van der Waals surface area contributed by atoms with Gasteiger partial charge in [0.15, 0.2) is 0 Å². The minimum atomic E-state index is -0.379. The fraction of sp³-hybridized carbons (Fsp3) is 0.333. The summed E-state index contributed by atoms with van der Waals surface area (Å²) in [4.78, 5) is 16.4. The number of nitrogens with one attached hydrogen (secondary N) is 1. The first-order valence-corrected chi connectivity index (χ1v) is 6.47. The Balaban J connectivity index is 2.35. The molecule has 1 unspecified atom stereocenters. The molecular formula is C15H17FN2O2. The number of nitrogens with zero attached hydrogens (tertiary/aromatic N) is 1. The Kier molecular flexibility index (Phi) is 4.29. The molecule has 1 aromatic carbocycles. The summed E-state index contributed by atoms with van der Waals surface area (Å²) in [6.45, 7) is 4.00. The van der Waals surface area contributed by atoms with E-state index in [4.69, 9.17) is 5.11 Å². The molecule has 1 heterocycles. The number of hydrogen-bond acceptors (Lipinski definition) is 3. The van der Waals surface area contributed by atoms with Gasteiger partial charge in [-0.25, -0.2) is 4.39 Å². The number of amides is 1. The Morgan fingerprint density at radius 3 is 2.90 bits per heavy atom. The Labute approximate surface area is 116 Å². The highest BCUT2D eigenvalue weighted by Crippen LogP contribution is 2.19. The molecule has 20 heavy (non-hydrogen) atoms. The smallest absolute Gasteiger partial charge is 0.252 e. The summed E-state index contributed by atoms with van der Waals surface area (Å²) in [5, 5.41) is 12.3. The molecule has 0 aliphatic carbocycles. The van der Waals surface area contributed by atoms with E-state index in [0.29, 0.717) is 28.7 Å². The molecule has 2 rings (SSSR count). The normalized spacial score (nSPS) is 12.4. The van der Waals surface area contributed by atoms with Crippen molar-refractivity contribution in [3.63, 3.8) is 0 Å². The van der Waals surface area contributed by atoms with E-state index in [1.54, 1.807) is 19.1 Å². The summed E-state index contributed by atoms with van der Waals surface area (Å²) in [5.74, 6) is -0.631. The second-order valence-electron chi connectivity index (χ2n) is 4.97. The average Bonchev–Trinajstić information content (AvgIpc) is 2.42. The molecule has 2 N–H and O–H groups in total. The average molecular weight is 276 g/mol. The minimum absolute atomic E-state index is 0.00871. The standard InChI is InChI=1S/C15H17FN2O2/c1-9(8-19)7-17-15(20)13-5-10(2)18-14-6-11(16)3-4-12(13)14/h3-6,9,19H,7-8H2,1-2H3,(H,17,20). The highest BCUT2D eigenvalue weighted by atomic mass is 19.1. The number of halogens is 1. The van der Waals surface area contributed by atoms with Crippen molar-refractivity contribution in [2.75, 3.05) is 13.2 Å². The van der Waals surface area contributed by atoms with Crippen LogP contribution in [0.15, 0.2) is 24.3 Å². The van der Waals surface area contributed by atoms with Crippen LogP contribution in [-0.2, 0) is 0 Å². The number of hydrogen-bond donors (Lipinski definition) is 2. The van der Waals surface area contributed by atoms with Crippen molar-refractivity contribution in [3.8, 4) is 0 Å². The molecule has 0 aliphatic heterocycles. The van der Waals surface area contributed by atoms with Crippen molar-refractivity contribution < 1.29 is 14.3 Å². The topological polar surface area (TPSA) is 62.2 Å². The van der Waals surface area contributed by atoms with E-state index in [2.05, 4.69) is 10.3 Å². The molecule has 0 saturated heterocycles. The second kappa shape index (κ2) is 5.96. The van der Waals surface area contributed by atoms with Gasteiger partial charge in [0.05, 0.1) is 11.1 Å². The lowest BCUT2D eigenvalue weighted by atomic mass is 10.1. The molecule has 1 atom stereocenters. The largest absolute Gasteiger partial charge is 0.396 e. The number of aromatic nitrogens is 1. The summed E-state index contributed by atoms with van der Waals surface area (Å²) in [7, 11) is 0. The number of aryl methyl sites for hydroxylation is 1. The number of carbonyl (C=O) groups excluding carboxylic acids is 1. The van der Waals surface area contributed by atoms with Crippen LogP contribution in [0.2, 0.25) is 0 Å². The lowest BCUT2D eigenvalue weighted by Crippen LogP contribution is -2.29. The van der Waals surface area contributed by atoms with E-state index in [1.807, 2.05) is 6.92 Å². The van der Waals surface area contributed by atoms with Crippen molar-refractivity contribution in [2.24, 2.45) is 5.92 Å². The lowest BCUT2D eigenvalue weighted by Gasteiger charge is -2.11. The highest BCUT2D eigenvalue weighted by Gasteiger charge is 2.13. The fourth-order valence-corrected chi connectivity index (χ4v) is 1.95. The molecule has 0 spiro atoms. The number of fused-ring (bicyclic) bond motifs is 1. The van der Waals surface area contributed by atoms with Crippen LogP contribution in [0.25, 0.3) is 10.9 Å². The number of rotatable bonds is 4. The zero-order chi connectivity index (χ0) is 14.7. The van der Waals surface area contributed by atoms with Gasteiger partial charge in [-0.3, -0.25) is 9.78 Å². The van der Waals surface area contributed by atoms with Crippen molar-refractivity contribution in [2.45, 2.75) is 13.8 Å². The number of benzene rings is 1. The number of aliphatic hydroxyl groups excluding tert-OH is 1. The van der Waals surface area contributed by atoms with Crippen LogP contribution in [-0.4, -0.2) is 29.1 Å². The van der Waals surface area contributed by atoms with Crippen molar-refractivity contribution in [3.05, 3.63) is 41.3 Å². The van der Waals surface area contributed by atoms with Crippen molar-refractivity contribution >= 4 is 16.8 Å². The van der Waals surface area contributed by atoms with E-state index in [1.165, 1.54) is 12.1 Å². The van der Waals surface area contributed by atoms with Gasteiger partial charge < -0.3 is 10.4 Å². The zero-order valence-electron chi connectivity index (χ0n) is 11.5. The van der Waals surface area contributed by atoms with Gasteiger partial charge in [0.2, 0.25) is 0 Å². The Bertz CT molecular complexity index is 638. The predicted octanol–water partition coefficient (Wildman–Crippen LogP) is 2.04. The van der Waals surface area contributed by atoms with Crippen LogP contribution in [0.3, 0.4) is 0 Å². The molecule has 0 fully saturated rings. The Hall–Kier alpha value is -2.01. The third-order valence-electron chi connectivity index (χ3n) is 3.07. The maximum Gasteiger partial charge on any atom is 0.252 e. The molecule has 2 aromatic rings. The monoisotopic (exact) mass is 276 g/mol. The summed E-state index contributed by atoms with van der Waals surface area (Å²) in [6.07, 6.45) is 0. The molecule has 0 aliphatic rings. The van der Waals surface area contributed by atoms with Crippen LogP contribution in [0, 0.1) is 18.7 Å². The van der Waals surface area contributed by atoms with Gasteiger partial charge in [0, 0.05) is 30.3 Å². The summed E-state index contributed by atoms with van der Waals surface area (Å²) < 4.78 is 13.2. The molecular weight excluding hydrogens is 259 g/mol. The van der Waals surface area contributed by atoms with Gasteiger partial charge in [-0.15, -0.1) is 0 Å². The van der Waals surface area contributed by atoms with Crippen molar-refractivity contribution in [1.29, 1.82) is 0 Å². The maximum atomic E-state index is 13.2. The van der Waals surface area contributed by atoms with E-state index >= 15 is 0 Å².